The average Bonchev–Trinajstić information content (AvgIpc) is 3.53. The molecule has 0 spiro atoms. The summed E-state index contributed by atoms with van der Waals surface area (Å²) in [5, 5.41) is 12.4. The van der Waals surface area contributed by atoms with Crippen molar-refractivity contribution >= 4 is 39.8 Å². The van der Waals surface area contributed by atoms with E-state index >= 15 is 0 Å². The number of likely N-dealkylation sites (tertiary alicyclic amines) is 1. The lowest BCUT2D eigenvalue weighted by Gasteiger charge is -2.42. The molecule has 1 amide bonds. The van der Waals surface area contributed by atoms with Gasteiger partial charge in [0.2, 0.25) is 12.2 Å². The highest BCUT2D eigenvalue weighted by molar-refractivity contribution is 6.36. The van der Waals surface area contributed by atoms with Gasteiger partial charge in [-0.2, -0.15) is 15.2 Å². The lowest BCUT2D eigenvalue weighted by molar-refractivity contribution is -0.128. The number of aromatic nitrogens is 2. The fourth-order valence-electron chi connectivity index (χ4n) is 7.15. The monoisotopic (exact) mass is 710 g/mol. The molecule has 0 radical (unpaired) electrons. The van der Waals surface area contributed by atoms with Gasteiger partial charge >= 0.3 is 6.01 Å². The number of fused-ring (bicyclic) bond motifs is 2. The van der Waals surface area contributed by atoms with Crippen LogP contribution in [0.15, 0.2) is 48.6 Å². The summed E-state index contributed by atoms with van der Waals surface area (Å²) in [5.41, 5.74) is 2.90. The van der Waals surface area contributed by atoms with Gasteiger partial charge in [0.05, 0.1) is 35.8 Å². The summed E-state index contributed by atoms with van der Waals surface area (Å²) >= 11 is 6.71. The molecule has 10 nitrogen and oxygen atoms in total. The van der Waals surface area contributed by atoms with E-state index in [2.05, 4.69) is 46.0 Å². The first-order chi connectivity index (χ1) is 24.1. The Morgan fingerprint density at radius 1 is 1.12 bits per heavy atom. The maximum atomic E-state index is 13.6. The molecule has 2 fully saturated rings. The second-order valence-electron chi connectivity index (χ2n) is 13.2. The van der Waals surface area contributed by atoms with Gasteiger partial charge in [0, 0.05) is 61.5 Å². The van der Waals surface area contributed by atoms with Crippen LogP contribution in [-0.2, 0) is 17.8 Å². The van der Waals surface area contributed by atoms with E-state index in [0.717, 1.165) is 57.8 Å². The highest BCUT2D eigenvalue weighted by Crippen LogP contribution is 2.37. The third-order valence-electron chi connectivity index (χ3n) is 9.95. The normalized spacial score (nSPS) is 20.6. The number of carbonyl (C=O) groups is 1. The van der Waals surface area contributed by atoms with Crippen molar-refractivity contribution in [1.82, 2.24) is 24.7 Å². The van der Waals surface area contributed by atoms with Crippen LogP contribution >= 0.6 is 11.6 Å². The fraction of sp³-hybridized carbons (Fsp3) is 0.500. The summed E-state index contributed by atoms with van der Waals surface area (Å²) in [6.45, 7) is 3.71. The van der Waals surface area contributed by atoms with Crippen LogP contribution in [0.3, 0.4) is 0 Å². The fourth-order valence-corrected chi connectivity index (χ4v) is 7.43. The van der Waals surface area contributed by atoms with E-state index in [4.69, 9.17) is 26.3 Å². The number of ether oxygens (including phenoxy) is 1. The minimum atomic E-state index is -3.14. The molecule has 2 aromatic carbocycles. The summed E-state index contributed by atoms with van der Waals surface area (Å²) in [6, 6.07) is 14.4. The summed E-state index contributed by atoms with van der Waals surface area (Å²) in [4.78, 5) is 32.2. The molecule has 1 unspecified atom stereocenters. The van der Waals surface area contributed by atoms with Crippen molar-refractivity contribution in [2.45, 2.75) is 57.0 Å². The Kier molecular flexibility index (Phi) is 11.3. The Bertz CT molecular complexity index is 1750. The number of likely N-dealkylation sites (N-methyl/N-ethyl adjacent to an activating group) is 2. The molecule has 4 heterocycles. The molecule has 0 bridgehead atoms. The van der Waals surface area contributed by atoms with Crippen LogP contribution in [0.4, 0.5) is 24.7 Å². The molecule has 266 valence electrons. The Hall–Kier alpha value is -4.12. The number of nitrogens with zero attached hydrogens (tertiary/aromatic N) is 8. The number of benzene rings is 2. The predicted molar refractivity (Wildman–Crippen MR) is 188 cm³/mol. The quantitative estimate of drug-likeness (QED) is 0.194. The zero-order chi connectivity index (χ0) is 35.4. The second-order valence-corrected chi connectivity index (χ2v) is 13.6. The van der Waals surface area contributed by atoms with Gasteiger partial charge in [-0.05, 0) is 57.4 Å². The number of rotatable bonds is 11. The van der Waals surface area contributed by atoms with Crippen molar-refractivity contribution in [3.05, 3.63) is 64.8 Å². The van der Waals surface area contributed by atoms with Gasteiger partial charge in [-0.25, -0.2) is 13.2 Å². The van der Waals surface area contributed by atoms with E-state index in [0.29, 0.717) is 56.8 Å². The topological polar surface area (TPSA) is 92.1 Å². The van der Waals surface area contributed by atoms with Gasteiger partial charge in [0.1, 0.15) is 12.4 Å². The minimum Gasteiger partial charge on any atom is -0.462 e. The van der Waals surface area contributed by atoms with Crippen LogP contribution in [-0.4, -0.2) is 115 Å². The van der Waals surface area contributed by atoms with Gasteiger partial charge < -0.3 is 24.3 Å². The van der Waals surface area contributed by atoms with Gasteiger partial charge in [0.15, 0.2) is 0 Å². The summed E-state index contributed by atoms with van der Waals surface area (Å²) in [6.07, 6.45) is -0.00762. The number of anilines is 2. The number of nitriles is 1. The van der Waals surface area contributed by atoms with Gasteiger partial charge in [-0.15, -0.1) is 0 Å². The number of halogens is 4. The maximum Gasteiger partial charge on any atom is 0.318 e. The Balaban J connectivity index is 1.25. The van der Waals surface area contributed by atoms with Crippen molar-refractivity contribution < 1.29 is 22.7 Å². The molecule has 0 aliphatic carbocycles. The third-order valence-corrected chi connectivity index (χ3v) is 10.3. The van der Waals surface area contributed by atoms with Crippen LogP contribution in [0.2, 0.25) is 5.02 Å². The zero-order valence-electron chi connectivity index (χ0n) is 28.3. The number of alkyl halides is 3. The number of hydrogen-bond acceptors (Lipinski definition) is 9. The first-order valence-corrected chi connectivity index (χ1v) is 17.4. The van der Waals surface area contributed by atoms with Crippen LogP contribution in [0.25, 0.3) is 10.8 Å². The van der Waals surface area contributed by atoms with Crippen LogP contribution in [0.1, 0.15) is 30.5 Å². The van der Waals surface area contributed by atoms with Crippen molar-refractivity contribution in [2.75, 3.05) is 69.8 Å². The molecule has 3 aliphatic rings. The van der Waals surface area contributed by atoms with E-state index < -0.39 is 18.8 Å². The first-order valence-electron chi connectivity index (χ1n) is 17.0. The molecule has 0 N–H and O–H groups in total. The second kappa shape index (κ2) is 15.8. The summed E-state index contributed by atoms with van der Waals surface area (Å²) in [7, 11) is 3.32. The molecule has 3 atom stereocenters. The molecule has 14 heteroatoms. The molecule has 0 saturated carbocycles. The van der Waals surface area contributed by atoms with Crippen molar-refractivity contribution in [1.29, 1.82) is 5.26 Å². The third kappa shape index (κ3) is 7.77. The number of hydrogen-bond donors (Lipinski definition) is 0. The van der Waals surface area contributed by atoms with Crippen LogP contribution in [0, 0.1) is 11.3 Å². The number of piperazine rings is 1. The van der Waals surface area contributed by atoms with Crippen molar-refractivity contribution in [2.24, 2.45) is 0 Å². The standard InChI is InChI=1S/C36H42ClF3N8O2/c1-44-16-5-9-26(44)23-50-36-42-29-22-46(30-11-4-8-24-7-3-10-28(37)32(24)30)18-14-27(29)35(43-36)47-19-20-48(25(21-47)13-15-41)31(49)12-6-17-45(2)34(40)33(38)39/h3-4,6-8,10-12,25-26,33-34H,5,9,13-14,16-23H2,1-2H3/b12-6+/t25-,26-,34?/m0/s1. The molecule has 2 saturated heterocycles. The minimum absolute atomic E-state index is 0.0915. The molecule has 3 aromatic rings. The molecular formula is C36H42ClF3N8O2. The van der Waals surface area contributed by atoms with Crippen molar-refractivity contribution in [3.63, 3.8) is 0 Å². The van der Waals surface area contributed by atoms with E-state index in [1.165, 1.54) is 19.2 Å². The SMILES string of the molecule is CN(C/C=C/C(=O)N1CCN(c2nc(OC[C@@H]3CCCN3C)nc3c2CCN(c2cccc4cccc(Cl)c24)C3)C[C@@H]1CC#N)C(F)C(F)F. The van der Waals surface area contributed by atoms with E-state index in [-0.39, 0.29) is 24.9 Å². The number of carbonyl (C=O) groups excluding carboxylic acids is 1. The molecular weight excluding hydrogens is 669 g/mol. The molecule has 3 aliphatic heterocycles. The Labute approximate surface area is 295 Å². The molecule has 1 aromatic heterocycles. The summed E-state index contributed by atoms with van der Waals surface area (Å²) < 4.78 is 45.3. The highest BCUT2D eigenvalue weighted by Gasteiger charge is 2.34. The number of amides is 1. The first kappa shape index (κ1) is 35.7. The van der Waals surface area contributed by atoms with E-state index in [9.17, 15) is 23.2 Å². The van der Waals surface area contributed by atoms with Crippen molar-refractivity contribution in [3.8, 4) is 12.1 Å². The molecule has 6 rings (SSSR count). The van der Waals surface area contributed by atoms with E-state index in [1.54, 1.807) is 4.90 Å². The largest absolute Gasteiger partial charge is 0.462 e. The zero-order valence-corrected chi connectivity index (χ0v) is 29.1. The smallest absolute Gasteiger partial charge is 0.318 e. The van der Waals surface area contributed by atoms with Gasteiger partial charge in [-0.1, -0.05) is 41.9 Å². The maximum absolute atomic E-state index is 13.6. The van der Waals surface area contributed by atoms with Gasteiger partial charge in [-0.3, -0.25) is 9.69 Å². The lowest BCUT2D eigenvalue weighted by atomic mass is 10.0. The Morgan fingerprint density at radius 2 is 1.92 bits per heavy atom. The van der Waals surface area contributed by atoms with Crippen LogP contribution < -0.4 is 14.5 Å². The average molecular weight is 711 g/mol. The highest BCUT2D eigenvalue weighted by atomic mass is 35.5. The van der Waals surface area contributed by atoms with Gasteiger partial charge in [0.25, 0.3) is 6.43 Å². The van der Waals surface area contributed by atoms with Crippen LogP contribution in [0.5, 0.6) is 6.01 Å². The predicted octanol–water partition coefficient (Wildman–Crippen LogP) is 5.30. The summed E-state index contributed by atoms with van der Waals surface area (Å²) in [5.74, 6) is 0.387. The molecule has 50 heavy (non-hydrogen) atoms. The lowest BCUT2D eigenvalue weighted by Crippen LogP contribution is -2.55. The Morgan fingerprint density at radius 3 is 2.66 bits per heavy atom. The van der Waals surface area contributed by atoms with E-state index in [1.807, 2.05) is 18.2 Å².